The lowest BCUT2D eigenvalue weighted by molar-refractivity contribution is -0.118. The Balaban J connectivity index is 1.37. The molecule has 1 unspecified atom stereocenters. The zero-order valence-electron chi connectivity index (χ0n) is 18.5. The lowest BCUT2D eigenvalue weighted by Crippen LogP contribution is -2.37. The molecule has 1 aliphatic rings. The number of ether oxygens (including phenoxy) is 1. The van der Waals surface area contributed by atoms with Crippen LogP contribution in [0.5, 0.6) is 5.75 Å². The Kier molecular flexibility index (Phi) is 7.44. The summed E-state index contributed by atoms with van der Waals surface area (Å²) in [7, 11) is 1.68. The predicted molar refractivity (Wildman–Crippen MR) is 126 cm³/mol. The van der Waals surface area contributed by atoms with Crippen LogP contribution in [0.2, 0.25) is 0 Å². The van der Waals surface area contributed by atoms with E-state index in [2.05, 4.69) is 39.5 Å². The van der Waals surface area contributed by atoms with E-state index in [0.29, 0.717) is 11.7 Å². The fourth-order valence-corrected chi connectivity index (χ4v) is 4.72. The molecule has 0 bridgehead atoms. The highest BCUT2D eigenvalue weighted by Crippen LogP contribution is 2.27. The standard InChI is InChI=1S/C24H29N5O2S/c1-18-8-10-20(11-9-18)29-17-26-27-24(29)32-16-23(30)25-15-22(28-12-3-4-13-28)19-6-5-7-21(14-19)31-2/h5-11,14,17,22H,3-4,12-13,15-16H2,1-2H3,(H,25,30). The highest BCUT2D eigenvalue weighted by atomic mass is 32.2. The number of rotatable bonds is 9. The zero-order valence-corrected chi connectivity index (χ0v) is 19.3. The van der Waals surface area contributed by atoms with Crippen molar-refractivity contribution in [3.05, 3.63) is 66.0 Å². The van der Waals surface area contributed by atoms with Gasteiger partial charge in [-0.3, -0.25) is 14.3 Å². The van der Waals surface area contributed by atoms with E-state index in [0.717, 1.165) is 24.5 Å². The number of likely N-dealkylation sites (tertiary alicyclic amines) is 1. The first-order valence-corrected chi connectivity index (χ1v) is 11.9. The molecule has 3 aromatic rings. The average Bonchev–Trinajstić information content (AvgIpc) is 3.51. The number of thioether (sulfide) groups is 1. The molecule has 1 fully saturated rings. The summed E-state index contributed by atoms with van der Waals surface area (Å²) in [6.07, 6.45) is 4.06. The zero-order chi connectivity index (χ0) is 22.3. The van der Waals surface area contributed by atoms with Crippen LogP contribution in [0.25, 0.3) is 5.69 Å². The second-order valence-corrected chi connectivity index (χ2v) is 8.89. The number of aromatic nitrogens is 3. The molecule has 2 heterocycles. The number of hydrogen-bond donors (Lipinski definition) is 1. The summed E-state index contributed by atoms with van der Waals surface area (Å²) in [6.45, 7) is 4.71. The van der Waals surface area contributed by atoms with Gasteiger partial charge in [-0.05, 0) is 62.7 Å². The Morgan fingerprint density at radius 1 is 1.19 bits per heavy atom. The van der Waals surface area contributed by atoms with Gasteiger partial charge in [-0.25, -0.2) is 0 Å². The van der Waals surface area contributed by atoms with Crippen molar-refractivity contribution < 1.29 is 9.53 Å². The molecular formula is C24H29N5O2S. The van der Waals surface area contributed by atoms with Gasteiger partial charge in [-0.2, -0.15) is 0 Å². The summed E-state index contributed by atoms with van der Waals surface area (Å²) in [6, 6.07) is 16.4. The van der Waals surface area contributed by atoms with Gasteiger partial charge in [-0.1, -0.05) is 41.6 Å². The second kappa shape index (κ2) is 10.7. The van der Waals surface area contributed by atoms with Gasteiger partial charge in [-0.15, -0.1) is 10.2 Å². The van der Waals surface area contributed by atoms with Crippen molar-refractivity contribution in [1.82, 2.24) is 25.0 Å². The molecule has 2 aromatic carbocycles. The van der Waals surface area contributed by atoms with Crippen molar-refractivity contribution in [2.24, 2.45) is 0 Å². The maximum atomic E-state index is 12.7. The molecule has 168 valence electrons. The number of nitrogens with zero attached hydrogens (tertiary/aromatic N) is 4. The smallest absolute Gasteiger partial charge is 0.230 e. The van der Waals surface area contributed by atoms with Gasteiger partial charge in [0.25, 0.3) is 0 Å². The van der Waals surface area contributed by atoms with E-state index in [1.807, 2.05) is 41.0 Å². The van der Waals surface area contributed by atoms with Crippen molar-refractivity contribution in [2.75, 3.05) is 32.5 Å². The number of methoxy groups -OCH3 is 1. The number of carbonyl (C=O) groups excluding carboxylic acids is 1. The maximum absolute atomic E-state index is 12.7. The van der Waals surface area contributed by atoms with Gasteiger partial charge in [0, 0.05) is 12.2 Å². The van der Waals surface area contributed by atoms with E-state index in [1.165, 1.54) is 35.7 Å². The number of aryl methyl sites for hydroxylation is 1. The van der Waals surface area contributed by atoms with Gasteiger partial charge in [0.15, 0.2) is 5.16 Å². The fourth-order valence-electron chi connectivity index (χ4n) is 3.96. The first-order valence-electron chi connectivity index (χ1n) is 10.9. The molecule has 4 rings (SSSR count). The summed E-state index contributed by atoms with van der Waals surface area (Å²) < 4.78 is 7.31. The van der Waals surface area contributed by atoms with Crippen molar-refractivity contribution in [3.63, 3.8) is 0 Å². The van der Waals surface area contributed by atoms with Crippen LogP contribution in [-0.4, -0.2) is 58.1 Å². The van der Waals surface area contributed by atoms with Crippen LogP contribution >= 0.6 is 11.8 Å². The Morgan fingerprint density at radius 2 is 1.97 bits per heavy atom. The first kappa shape index (κ1) is 22.4. The Hall–Kier alpha value is -2.84. The highest BCUT2D eigenvalue weighted by molar-refractivity contribution is 7.99. The minimum Gasteiger partial charge on any atom is -0.497 e. The molecule has 1 amide bonds. The molecule has 1 N–H and O–H groups in total. The Labute approximate surface area is 193 Å². The monoisotopic (exact) mass is 451 g/mol. The second-order valence-electron chi connectivity index (χ2n) is 7.95. The SMILES string of the molecule is COc1cccc(C(CNC(=O)CSc2nncn2-c2ccc(C)cc2)N2CCCC2)c1. The summed E-state index contributed by atoms with van der Waals surface area (Å²) in [5.41, 5.74) is 3.34. The van der Waals surface area contributed by atoms with Crippen LogP contribution in [0.15, 0.2) is 60.0 Å². The number of nitrogens with one attached hydrogen (secondary N) is 1. The predicted octanol–water partition coefficient (Wildman–Crippen LogP) is 3.63. The van der Waals surface area contributed by atoms with Gasteiger partial charge < -0.3 is 10.1 Å². The van der Waals surface area contributed by atoms with Crippen LogP contribution < -0.4 is 10.1 Å². The third-order valence-electron chi connectivity index (χ3n) is 5.71. The maximum Gasteiger partial charge on any atom is 0.230 e. The molecule has 1 aliphatic heterocycles. The third kappa shape index (κ3) is 5.49. The molecule has 0 saturated carbocycles. The normalized spacial score (nSPS) is 14.9. The minimum absolute atomic E-state index is 0.0134. The summed E-state index contributed by atoms with van der Waals surface area (Å²) in [4.78, 5) is 15.1. The molecule has 1 aromatic heterocycles. The molecule has 1 saturated heterocycles. The van der Waals surface area contributed by atoms with Crippen LogP contribution in [0.3, 0.4) is 0 Å². The number of carbonyl (C=O) groups is 1. The number of amides is 1. The van der Waals surface area contributed by atoms with Crippen LogP contribution in [0.4, 0.5) is 0 Å². The van der Waals surface area contributed by atoms with E-state index >= 15 is 0 Å². The highest BCUT2D eigenvalue weighted by Gasteiger charge is 2.24. The summed E-state index contributed by atoms with van der Waals surface area (Å²) in [5, 5.41) is 12.0. The minimum atomic E-state index is -0.0134. The van der Waals surface area contributed by atoms with Gasteiger partial charge in [0.1, 0.15) is 12.1 Å². The Morgan fingerprint density at radius 3 is 2.72 bits per heavy atom. The molecule has 0 radical (unpaired) electrons. The van der Waals surface area contributed by atoms with Crippen LogP contribution in [0.1, 0.15) is 30.0 Å². The first-order chi connectivity index (χ1) is 15.6. The topological polar surface area (TPSA) is 72.3 Å². The molecule has 0 aliphatic carbocycles. The van der Waals surface area contributed by atoms with E-state index in [4.69, 9.17) is 4.74 Å². The largest absolute Gasteiger partial charge is 0.497 e. The van der Waals surface area contributed by atoms with Gasteiger partial charge in [0.2, 0.25) is 5.91 Å². The van der Waals surface area contributed by atoms with Gasteiger partial charge in [0.05, 0.1) is 18.9 Å². The molecule has 1 atom stereocenters. The van der Waals surface area contributed by atoms with Crippen molar-refractivity contribution in [2.45, 2.75) is 31.0 Å². The average molecular weight is 452 g/mol. The van der Waals surface area contributed by atoms with Crippen LogP contribution in [0, 0.1) is 6.92 Å². The Bertz CT molecular complexity index is 1030. The fraction of sp³-hybridized carbons (Fsp3) is 0.375. The molecule has 7 nitrogen and oxygen atoms in total. The van der Waals surface area contributed by atoms with Crippen LogP contribution in [-0.2, 0) is 4.79 Å². The van der Waals surface area contributed by atoms with Gasteiger partial charge >= 0.3 is 0 Å². The quantitative estimate of drug-likeness (QED) is 0.501. The van der Waals surface area contributed by atoms with E-state index in [9.17, 15) is 4.79 Å². The summed E-state index contributed by atoms with van der Waals surface area (Å²) in [5.74, 6) is 1.11. The van der Waals surface area contributed by atoms with Crippen molar-refractivity contribution in [3.8, 4) is 11.4 Å². The molecule has 8 heteroatoms. The lowest BCUT2D eigenvalue weighted by Gasteiger charge is -2.28. The van der Waals surface area contributed by atoms with E-state index in [-0.39, 0.29) is 17.7 Å². The third-order valence-corrected chi connectivity index (χ3v) is 6.66. The molecule has 32 heavy (non-hydrogen) atoms. The lowest BCUT2D eigenvalue weighted by atomic mass is 10.0. The number of hydrogen-bond acceptors (Lipinski definition) is 6. The summed E-state index contributed by atoms with van der Waals surface area (Å²) >= 11 is 1.39. The molecule has 0 spiro atoms. The van der Waals surface area contributed by atoms with E-state index in [1.54, 1.807) is 13.4 Å². The van der Waals surface area contributed by atoms with E-state index < -0.39 is 0 Å². The van der Waals surface area contributed by atoms with Crippen molar-refractivity contribution in [1.29, 1.82) is 0 Å². The van der Waals surface area contributed by atoms with Crippen molar-refractivity contribution >= 4 is 17.7 Å². The number of benzene rings is 2. The molecular weight excluding hydrogens is 422 g/mol.